The lowest BCUT2D eigenvalue weighted by atomic mass is 10.1. The Balaban J connectivity index is 2.36. The van der Waals surface area contributed by atoms with Gasteiger partial charge in [-0.1, -0.05) is 22.0 Å². The third kappa shape index (κ3) is 3.43. The van der Waals surface area contributed by atoms with Gasteiger partial charge in [0.25, 0.3) is 5.91 Å². The van der Waals surface area contributed by atoms with Gasteiger partial charge in [0.15, 0.2) is 0 Å². The quantitative estimate of drug-likeness (QED) is 0.832. The zero-order valence-corrected chi connectivity index (χ0v) is 13.0. The molecule has 6 nitrogen and oxygen atoms in total. The van der Waals surface area contributed by atoms with E-state index in [0.717, 1.165) is 15.4 Å². The summed E-state index contributed by atoms with van der Waals surface area (Å²) in [6.07, 6.45) is 1.60. The van der Waals surface area contributed by atoms with Crippen LogP contribution in [0, 0.1) is 0 Å². The van der Waals surface area contributed by atoms with Crippen molar-refractivity contribution in [3.8, 4) is 0 Å². The van der Waals surface area contributed by atoms with Crippen LogP contribution in [0.2, 0.25) is 0 Å². The van der Waals surface area contributed by atoms with Crippen LogP contribution in [-0.2, 0) is 9.53 Å². The van der Waals surface area contributed by atoms with Crippen molar-refractivity contribution < 1.29 is 19.4 Å². The standard InChI is InChI=1S/C14H15BrN2O4/c1-21-6-5-17(8-12(18)19)14(20)9-7-16-11-4-2-3-10(15)13(9)11/h2-4,7,16H,5-6,8H2,1H3,(H,18,19). The molecule has 0 radical (unpaired) electrons. The molecule has 0 saturated heterocycles. The molecule has 2 N–H and O–H groups in total. The Kier molecular flexibility index (Phi) is 4.98. The fraction of sp³-hybridized carbons (Fsp3) is 0.286. The SMILES string of the molecule is COCCN(CC(=O)O)C(=O)c1c[nH]c2cccc(Br)c12. The maximum absolute atomic E-state index is 12.6. The molecule has 0 saturated carbocycles. The molecule has 0 aliphatic carbocycles. The van der Waals surface area contributed by atoms with Crippen molar-refractivity contribution in [3.05, 3.63) is 34.4 Å². The van der Waals surface area contributed by atoms with Gasteiger partial charge in [-0.25, -0.2) is 0 Å². The summed E-state index contributed by atoms with van der Waals surface area (Å²) in [5.74, 6) is -1.40. The fourth-order valence-corrected chi connectivity index (χ4v) is 2.68. The Morgan fingerprint density at radius 2 is 2.19 bits per heavy atom. The van der Waals surface area contributed by atoms with Crippen molar-refractivity contribution in [2.24, 2.45) is 0 Å². The van der Waals surface area contributed by atoms with Crippen molar-refractivity contribution in [2.45, 2.75) is 0 Å². The van der Waals surface area contributed by atoms with Crippen molar-refractivity contribution in [1.82, 2.24) is 9.88 Å². The summed E-state index contributed by atoms with van der Waals surface area (Å²) in [6, 6.07) is 5.55. The van der Waals surface area contributed by atoms with E-state index in [4.69, 9.17) is 9.84 Å². The summed E-state index contributed by atoms with van der Waals surface area (Å²) < 4.78 is 5.71. The first-order chi connectivity index (χ1) is 10.0. The molecular weight excluding hydrogens is 340 g/mol. The van der Waals surface area contributed by atoms with E-state index in [1.165, 1.54) is 12.0 Å². The number of aliphatic carboxylic acids is 1. The predicted octanol–water partition coefficient (Wildman–Crippen LogP) is 2.10. The highest BCUT2D eigenvalue weighted by molar-refractivity contribution is 9.10. The number of fused-ring (bicyclic) bond motifs is 1. The van der Waals surface area contributed by atoms with E-state index in [2.05, 4.69) is 20.9 Å². The lowest BCUT2D eigenvalue weighted by Crippen LogP contribution is -2.37. The van der Waals surface area contributed by atoms with E-state index in [1.807, 2.05) is 18.2 Å². The first kappa shape index (κ1) is 15.5. The average Bonchev–Trinajstić information content (AvgIpc) is 2.87. The number of aromatic nitrogens is 1. The van der Waals surface area contributed by atoms with Crippen LogP contribution in [0.25, 0.3) is 10.9 Å². The zero-order chi connectivity index (χ0) is 15.4. The molecule has 112 valence electrons. The number of H-pyrrole nitrogens is 1. The van der Waals surface area contributed by atoms with E-state index in [9.17, 15) is 9.59 Å². The molecule has 0 bridgehead atoms. The number of carboxylic acids is 1. The second-order valence-corrected chi connectivity index (χ2v) is 5.33. The number of methoxy groups -OCH3 is 1. The fourth-order valence-electron chi connectivity index (χ4n) is 2.10. The highest BCUT2D eigenvalue weighted by Gasteiger charge is 2.22. The molecule has 1 heterocycles. The second-order valence-electron chi connectivity index (χ2n) is 4.48. The maximum atomic E-state index is 12.6. The van der Waals surface area contributed by atoms with Gasteiger partial charge in [0.05, 0.1) is 12.2 Å². The molecular formula is C14H15BrN2O4. The van der Waals surface area contributed by atoms with Crippen molar-refractivity contribution in [2.75, 3.05) is 26.8 Å². The number of hydrogen-bond acceptors (Lipinski definition) is 3. The van der Waals surface area contributed by atoms with Crippen LogP contribution in [-0.4, -0.2) is 53.7 Å². The molecule has 2 rings (SSSR count). The van der Waals surface area contributed by atoms with E-state index in [-0.39, 0.29) is 25.6 Å². The molecule has 0 atom stereocenters. The van der Waals surface area contributed by atoms with Crippen LogP contribution >= 0.6 is 15.9 Å². The topological polar surface area (TPSA) is 82.6 Å². The molecule has 21 heavy (non-hydrogen) atoms. The summed E-state index contributed by atoms with van der Waals surface area (Å²) in [5.41, 5.74) is 1.25. The van der Waals surface area contributed by atoms with Crippen LogP contribution in [0.15, 0.2) is 28.9 Å². The Hall–Kier alpha value is -1.86. The molecule has 0 unspecified atom stereocenters. The first-order valence-electron chi connectivity index (χ1n) is 6.30. The van der Waals surface area contributed by atoms with Gasteiger partial charge >= 0.3 is 5.97 Å². The Labute approximate surface area is 129 Å². The monoisotopic (exact) mass is 354 g/mol. The third-order valence-electron chi connectivity index (χ3n) is 3.06. The minimum absolute atomic E-state index is 0.221. The van der Waals surface area contributed by atoms with Crippen LogP contribution in [0.4, 0.5) is 0 Å². The number of nitrogens with one attached hydrogen (secondary N) is 1. The summed E-state index contributed by atoms with van der Waals surface area (Å²) in [5, 5.41) is 9.69. The largest absolute Gasteiger partial charge is 0.480 e. The van der Waals surface area contributed by atoms with E-state index >= 15 is 0 Å². The van der Waals surface area contributed by atoms with Gasteiger partial charge in [0.2, 0.25) is 0 Å². The maximum Gasteiger partial charge on any atom is 0.323 e. The van der Waals surface area contributed by atoms with Gasteiger partial charge in [0.1, 0.15) is 6.54 Å². The number of halogens is 1. The molecule has 2 aromatic rings. The number of hydrogen-bond donors (Lipinski definition) is 2. The minimum Gasteiger partial charge on any atom is -0.480 e. The van der Waals surface area contributed by atoms with Crippen molar-refractivity contribution in [3.63, 3.8) is 0 Å². The number of amides is 1. The number of rotatable bonds is 6. The number of carbonyl (C=O) groups excluding carboxylic acids is 1. The van der Waals surface area contributed by atoms with Crippen molar-refractivity contribution in [1.29, 1.82) is 0 Å². The zero-order valence-electron chi connectivity index (χ0n) is 11.4. The summed E-state index contributed by atoms with van der Waals surface area (Å²) in [4.78, 5) is 27.8. The highest BCUT2D eigenvalue weighted by Crippen LogP contribution is 2.27. The number of carbonyl (C=O) groups is 2. The lowest BCUT2D eigenvalue weighted by molar-refractivity contribution is -0.137. The summed E-state index contributed by atoms with van der Waals surface area (Å²) in [6.45, 7) is 0.140. The second kappa shape index (κ2) is 6.73. The van der Waals surface area contributed by atoms with Crippen LogP contribution in [0.5, 0.6) is 0 Å². The van der Waals surface area contributed by atoms with Crippen LogP contribution in [0.3, 0.4) is 0 Å². The predicted molar refractivity (Wildman–Crippen MR) is 81.4 cm³/mol. The van der Waals surface area contributed by atoms with Gasteiger partial charge in [-0.3, -0.25) is 9.59 Å². The Morgan fingerprint density at radius 1 is 1.43 bits per heavy atom. The molecule has 0 fully saturated rings. The number of benzene rings is 1. The molecule has 0 aliphatic rings. The molecule has 0 spiro atoms. The number of ether oxygens (including phenoxy) is 1. The molecule has 7 heteroatoms. The summed E-state index contributed by atoms with van der Waals surface area (Å²) in [7, 11) is 1.51. The minimum atomic E-state index is -1.06. The summed E-state index contributed by atoms with van der Waals surface area (Å²) >= 11 is 3.42. The molecule has 1 amide bonds. The number of nitrogens with zero attached hydrogens (tertiary/aromatic N) is 1. The molecule has 1 aromatic heterocycles. The lowest BCUT2D eigenvalue weighted by Gasteiger charge is -2.20. The molecule has 1 aromatic carbocycles. The van der Waals surface area contributed by atoms with Gasteiger partial charge in [-0.2, -0.15) is 0 Å². The Morgan fingerprint density at radius 3 is 2.86 bits per heavy atom. The van der Waals surface area contributed by atoms with Gasteiger partial charge in [-0.05, 0) is 12.1 Å². The smallest absolute Gasteiger partial charge is 0.323 e. The first-order valence-corrected chi connectivity index (χ1v) is 7.09. The molecule has 0 aliphatic heterocycles. The van der Waals surface area contributed by atoms with Crippen molar-refractivity contribution >= 4 is 38.7 Å². The van der Waals surface area contributed by atoms with Crippen LogP contribution in [0.1, 0.15) is 10.4 Å². The van der Waals surface area contributed by atoms with E-state index in [0.29, 0.717) is 5.56 Å². The van der Waals surface area contributed by atoms with E-state index in [1.54, 1.807) is 6.20 Å². The van der Waals surface area contributed by atoms with Gasteiger partial charge in [-0.15, -0.1) is 0 Å². The average molecular weight is 355 g/mol. The van der Waals surface area contributed by atoms with Gasteiger partial charge in [0, 0.05) is 35.2 Å². The number of carboxylic acid groups (broad SMARTS) is 1. The Bertz CT molecular complexity index is 668. The van der Waals surface area contributed by atoms with Crippen LogP contribution < -0.4 is 0 Å². The third-order valence-corrected chi connectivity index (χ3v) is 3.72. The van der Waals surface area contributed by atoms with E-state index < -0.39 is 5.97 Å². The highest BCUT2D eigenvalue weighted by atomic mass is 79.9. The number of aromatic amines is 1. The normalized spacial score (nSPS) is 10.8. The van der Waals surface area contributed by atoms with Gasteiger partial charge < -0.3 is 19.7 Å².